The predicted octanol–water partition coefficient (Wildman–Crippen LogP) is 0.408. The number of aliphatic hydroxyl groups is 1. The van der Waals surface area contributed by atoms with Gasteiger partial charge in [0.25, 0.3) is 0 Å². The molecule has 0 radical (unpaired) electrons. The molecule has 0 aliphatic heterocycles. The highest BCUT2D eigenvalue weighted by Crippen LogP contribution is 2.11. The molecule has 2 N–H and O–H groups in total. The van der Waals surface area contributed by atoms with Crippen LogP contribution in [0.5, 0.6) is 0 Å². The molecule has 1 rings (SSSR count). The highest BCUT2D eigenvalue weighted by molar-refractivity contribution is 5.79. The van der Waals surface area contributed by atoms with Gasteiger partial charge in [0.15, 0.2) is 0 Å². The van der Waals surface area contributed by atoms with Crippen LogP contribution in [0, 0.1) is 13.8 Å². The maximum atomic E-state index is 11.9. The fraction of sp³-hybridized carbons (Fsp3) is 0.636. The van der Waals surface area contributed by atoms with E-state index < -0.39 is 0 Å². The Morgan fingerprint density at radius 1 is 1.56 bits per heavy atom. The molecule has 0 aliphatic rings. The summed E-state index contributed by atoms with van der Waals surface area (Å²) in [6, 6.07) is -0.153. The van der Waals surface area contributed by atoms with E-state index in [-0.39, 0.29) is 18.6 Å². The van der Waals surface area contributed by atoms with Crippen molar-refractivity contribution in [2.24, 2.45) is 0 Å². The SMILES string of the molecule is Cc1n[nH]c(C)c1CC(=O)N(C)C(C)CO. The van der Waals surface area contributed by atoms with Gasteiger partial charge in [0.05, 0.1) is 24.8 Å². The zero-order valence-electron chi connectivity index (χ0n) is 10.2. The lowest BCUT2D eigenvalue weighted by atomic mass is 10.1. The molecule has 1 unspecified atom stereocenters. The summed E-state index contributed by atoms with van der Waals surface area (Å²) in [7, 11) is 1.70. The number of H-pyrrole nitrogens is 1. The molecule has 1 heterocycles. The van der Waals surface area contributed by atoms with Gasteiger partial charge < -0.3 is 10.0 Å². The standard InChI is InChI=1S/C11H19N3O2/c1-7(6-15)14(4)11(16)5-10-8(2)12-13-9(10)3/h7,15H,5-6H2,1-4H3,(H,12,13). The Morgan fingerprint density at radius 2 is 2.19 bits per heavy atom. The van der Waals surface area contributed by atoms with Crippen molar-refractivity contribution in [2.75, 3.05) is 13.7 Å². The van der Waals surface area contributed by atoms with Gasteiger partial charge in [0, 0.05) is 18.3 Å². The van der Waals surface area contributed by atoms with Crippen LogP contribution in [0.25, 0.3) is 0 Å². The van der Waals surface area contributed by atoms with Crippen LogP contribution in [0.2, 0.25) is 0 Å². The second-order valence-corrected chi connectivity index (χ2v) is 4.13. The molecule has 5 nitrogen and oxygen atoms in total. The first kappa shape index (κ1) is 12.7. The van der Waals surface area contributed by atoms with Crippen molar-refractivity contribution in [1.29, 1.82) is 0 Å². The highest BCUT2D eigenvalue weighted by Gasteiger charge is 2.18. The number of rotatable bonds is 4. The fourth-order valence-corrected chi connectivity index (χ4v) is 1.48. The molecule has 1 amide bonds. The minimum absolute atomic E-state index is 0.00542. The van der Waals surface area contributed by atoms with E-state index in [0.29, 0.717) is 6.42 Å². The maximum absolute atomic E-state index is 11.9. The van der Waals surface area contributed by atoms with Gasteiger partial charge in [-0.2, -0.15) is 5.10 Å². The fourth-order valence-electron chi connectivity index (χ4n) is 1.48. The van der Waals surface area contributed by atoms with Crippen molar-refractivity contribution in [3.05, 3.63) is 17.0 Å². The normalized spacial score (nSPS) is 12.6. The van der Waals surface area contributed by atoms with Crippen LogP contribution >= 0.6 is 0 Å². The Hall–Kier alpha value is -1.36. The number of aromatic nitrogens is 2. The third-order valence-electron chi connectivity index (χ3n) is 2.93. The first-order valence-electron chi connectivity index (χ1n) is 5.34. The van der Waals surface area contributed by atoms with Crippen LogP contribution < -0.4 is 0 Å². The van der Waals surface area contributed by atoms with Crippen molar-refractivity contribution in [2.45, 2.75) is 33.2 Å². The third-order valence-corrected chi connectivity index (χ3v) is 2.93. The van der Waals surface area contributed by atoms with Gasteiger partial charge in [0.1, 0.15) is 0 Å². The molecule has 0 fully saturated rings. The smallest absolute Gasteiger partial charge is 0.227 e. The predicted molar refractivity (Wildman–Crippen MR) is 61.1 cm³/mol. The van der Waals surface area contributed by atoms with Crippen LogP contribution in [0.15, 0.2) is 0 Å². The van der Waals surface area contributed by atoms with Crippen LogP contribution in [-0.2, 0) is 11.2 Å². The molecule has 0 spiro atoms. The number of aromatic amines is 1. The van der Waals surface area contributed by atoms with Gasteiger partial charge in [-0.15, -0.1) is 0 Å². The first-order chi connectivity index (χ1) is 7.47. The van der Waals surface area contributed by atoms with Gasteiger partial charge in [-0.05, 0) is 20.8 Å². The summed E-state index contributed by atoms with van der Waals surface area (Å²) >= 11 is 0. The molecule has 16 heavy (non-hydrogen) atoms. The number of hydrogen-bond donors (Lipinski definition) is 2. The molecule has 1 atom stereocenters. The molecule has 0 saturated carbocycles. The summed E-state index contributed by atoms with van der Waals surface area (Å²) in [5.74, 6) is -0.00542. The number of nitrogens with zero attached hydrogens (tertiary/aromatic N) is 2. The molecule has 1 aromatic heterocycles. The number of carbonyl (C=O) groups excluding carboxylic acids is 1. The van der Waals surface area contributed by atoms with Gasteiger partial charge in [-0.3, -0.25) is 9.89 Å². The second kappa shape index (κ2) is 5.12. The number of hydrogen-bond acceptors (Lipinski definition) is 3. The van der Waals surface area contributed by atoms with Crippen LogP contribution in [0.1, 0.15) is 23.9 Å². The van der Waals surface area contributed by atoms with Crippen molar-refractivity contribution in [3.63, 3.8) is 0 Å². The lowest BCUT2D eigenvalue weighted by Gasteiger charge is -2.23. The lowest BCUT2D eigenvalue weighted by Crippen LogP contribution is -2.38. The zero-order chi connectivity index (χ0) is 12.3. The molecular formula is C11H19N3O2. The third kappa shape index (κ3) is 2.61. The number of carbonyl (C=O) groups is 1. The van der Waals surface area contributed by atoms with E-state index in [2.05, 4.69) is 10.2 Å². The minimum Gasteiger partial charge on any atom is -0.394 e. The number of amides is 1. The average molecular weight is 225 g/mol. The quantitative estimate of drug-likeness (QED) is 0.779. The summed E-state index contributed by atoms with van der Waals surface area (Å²) < 4.78 is 0. The minimum atomic E-state index is -0.153. The van der Waals surface area contributed by atoms with E-state index in [4.69, 9.17) is 5.11 Å². The van der Waals surface area contributed by atoms with Crippen molar-refractivity contribution < 1.29 is 9.90 Å². The first-order valence-corrected chi connectivity index (χ1v) is 5.34. The summed E-state index contributed by atoms with van der Waals surface area (Å²) in [6.07, 6.45) is 0.328. The molecular weight excluding hydrogens is 206 g/mol. The van der Waals surface area contributed by atoms with Crippen LogP contribution in [-0.4, -0.2) is 45.8 Å². The summed E-state index contributed by atoms with van der Waals surface area (Å²) in [6.45, 7) is 5.57. The van der Waals surface area contributed by atoms with E-state index in [1.165, 1.54) is 0 Å². The average Bonchev–Trinajstić information content (AvgIpc) is 2.58. The molecule has 0 aliphatic carbocycles. The molecule has 5 heteroatoms. The Kier molecular flexibility index (Phi) is 4.06. The van der Waals surface area contributed by atoms with Crippen molar-refractivity contribution in [3.8, 4) is 0 Å². The second-order valence-electron chi connectivity index (χ2n) is 4.13. The van der Waals surface area contributed by atoms with E-state index in [9.17, 15) is 4.79 Å². The van der Waals surface area contributed by atoms with E-state index in [1.807, 2.05) is 20.8 Å². The van der Waals surface area contributed by atoms with Gasteiger partial charge in [-0.25, -0.2) is 0 Å². The van der Waals surface area contributed by atoms with Crippen molar-refractivity contribution in [1.82, 2.24) is 15.1 Å². The Bertz CT molecular complexity index is 354. The zero-order valence-corrected chi connectivity index (χ0v) is 10.2. The Balaban J connectivity index is 2.71. The topological polar surface area (TPSA) is 69.2 Å². The molecule has 0 aromatic carbocycles. The van der Waals surface area contributed by atoms with Crippen LogP contribution in [0.3, 0.4) is 0 Å². The van der Waals surface area contributed by atoms with Crippen LogP contribution in [0.4, 0.5) is 0 Å². The number of aliphatic hydroxyl groups excluding tert-OH is 1. The lowest BCUT2D eigenvalue weighted by molar-refractivity contribution is -0.131. The number of likely N-dealkylation sites (N-methyl/N-ethyl adjacent to an activating group) is 1. The van der Waals surface area contributed by atoms with Gasteiger partial charge in [0.2, 0.25) is 5.91 Å². The molecule has 90 valence electrons. The molecule has 1 aromatic rings. The highest BCUT2D eigenvalue weighted by atomic mass is 16.3. The monoisotopic (exact) mass is 225 g/mol. The van der Waals surface area contributed by atoms with E-state index in [1.54, 1.807) is 11.9 Å². The van der Waals surface area contributed by atoms with Gasteiger partial charge >= 0.3 is 0 Å². The Morgan fingerprint density at radius 3 is 2.62 bits per heavy atom. The number of aryl methyl sites for hydroxylation is 2. The van der Waals surface area contributed by atoms with E-state index >= 15 is 0 Å². The van der Waals surface area contributed by atoms with Crippen molar-refractivity contribution >= 4 is 5.91 Å². The molecule has 0 saturated heterocycles. The van der Waals surface area contributed by atoms with Gasteiger partial charge in [-0.1, -0.05) is 0 Å². The largest absolute Gasteiger partial charge is 0.394 e. The maximum Gasteiger partial charge on any atom is 0.227 e. The number of nitrogens with one attached hydrogen (secondary N) is 1. The summed E-state index contributed by atoms with van der Waals surface area (Å²) in [4.78, 5) is 13.4. The Labute approximate surface area is 95.5 Å². The summed E-state index contributed by atoms with van der Waals surface area (Å²) in [5, 5.41) is 15.9. The molecule has 0 bridgehead atoms. The summed E-state index contributed by atoms with van der Waals surface area (Å²) in [5.41, 5.74) is 2.73. The van der Waals surface area contributed by atoms with E-state index in [0.717, 1.165) is 17.0 Å².